The van der Waals surface area contributed by atoms with Gasteiger partial charge in [0.25, 0.3) is 0 Å². The van der Waals surface area contributed by atoms with Gasteiger partial charge in [0.15, 0.2) is 0 Å². The third kappa shape index (κ3) is 1.87. The highest BCUT2D eigenvalue weighted by atomic mass is 16.6. The summed E-state index contributed by atoms with van der Waals surface area (Å²) < 4.78 is 11.5. The molecule has 13 heavy (non-hydrogen) atoms. The van der Waals surface area contributed by atoms with Crippen molar-refractivity contribution in [2.45, 2.75) is 19.4 Å². The van der Waals surface area contributed by atoms with Gasteiger partial charge in [0, 0.05) is 18.5 Å². The molecule has 0 saturated carbocycles. The van der Waals surface area contributed by atoms with Crippen molar-refractivity contribution in [3.63, 3.8) is 0 Å². The van der Waals surface area contributed by atoms with Crippen LogP contribution in [0, 0.1) is 5.41 Å². The molecule has 0 aromatic carbocycles. The number of rotatable bonds is 0. The third-order valence-electron chi connectivity index (χ3n) is 2.84. The van der Waals surface area contributed by atoms with E-state index in [1.165, 1.54) is 0 Å². The van der Waals surface area contributed by atoms with Crippen LogP contribution in [0.3, 0.4) is 0 Å². The molecule has 1 spiro atoms. The Morgan fingerprint density at radius 2 is 1.77 bits per heavy atom. The lowest BCUT2D eigenvalue weighted by Gasteiger charge is -2.47. The smallest absolute Gasteiger partial charge is 0.0859 e. The lowest BCUT2D eigenvalue weighted by molar-refractivity contribution is -0.0865. The van der Waals surface area contributed by atoms with Gasteiger partial charge >= 0.3 is 0 Å². The summed E-state index contributed by atoms with van der Waals surface area (Å²) in [6, 6.07) is 0. The average Bonchev–Trinajstić information content (AvgIpc) is 2.10. The molecule has 0 radical (unpaired) electrons. The summed E-state index contributed by atoms with van der Waals surface area (Å²) >= 11 is 0. The summed E-state index contributed by atoms with van der Waals surface area (Å²) in [4.78, 5) is 2.31. The predicted molar refractivity (Wildman–Crippen MR) is 50.8 cm³/mol. The minimum atomic E-state index is -0.0995. The van der Waals surface area contributed by atoms with Crippen LogP contribution in [0.4, 0.5) is 0 Å². The molecule has 0 aromatic rings. The standard InChI is InChI=1S/C10H19NO2/c1-9(2)6-12-7-10(8-13-9)4-11(3)5-10/h4-8H2,1-3H3. The van der Waals surface area contributed by atoms with Crippen molar-refractivity contribution in [1.29, 1.82) is 0 Å². The normalized spacial score (nSPS) is 32.5. The number of hydrogen-bond donors (Lipinski definition) is 0. The van der Waals surface area contributed by atoms with Crippen LogP contribution in [0.25, 0.3) is 0 Å². The molecule has 2 aliphatic heterocycles. The molecular weight excluding hydrogens is 166 g/mol. The monoisotopic (exact) mass is 185 g/mol. The Labute approximate surface area is 80.0 Å². The lowest BCUT2D eigenvalue weighted by atomic mass is 9.82. The Hall–Kier alpha value is -0.120. The molecule has 2 heterocycles. The maximum Gasteiger partial charge on any atom is 0.0859 e. The van der Waals surface area contributed by atoms with Gasteiger partial charge in [-0.15, -0.1) is 0 Å². The average molecular weight is 185 g/mol. The molecule has 0 aromatic heterocycles. The van der Waals surface area contributed by atoms with E-state index >= 15 is 0 Å². The fraction of sp³-hybridized carbons (Fsp3) is 1.00. The van der Waals surface area contributed by atoms with Crippen LogP contribution in [0.15, 0.2) is 0 Å². The van der Waals surface area contributed by atoms with Crippen LogP contribution in [0.1, 0.15) is 13.8 Å². The largest absolute Gasteiger partial charge is 0.378 e. The summed E-state index contributed by atoms with van der Waals surface area (Å²) in [5.41, 5.74) is 0.195. The first-order chi connectivity index (χ1) is 6.02. The van der Waals surface area contributed by atoms with E-state index in [2.05, 4.69) is 25.8 Å². The van der Waals surface area contributed by atoms with E-state index in [1.54, 1.807) is 0 Å². The Kier molecular flexibility index (Phi) is 2.13. The van der Waals surface area contributed by atoms with E-state index in [4.69, 9.17) is 9.47 Å². The van der Waals surface area contributed by atoms with E-state index in [-0.39, 0.29) is 5.60 Å². The van der Waals surface area contributed by atoms with Gasteiger partial charge in [-0.25, -0.2) is 0 Å². The summed E-state index contributed by atoms with van der Waals surface area (Å²) in [6.07, 6.45) is 0. The predicted octanol–water partition coefficient (Wildman–Crippen LogP) is 0.744. The Bertz CT molecular complexity index is 197. The molecule has 2 aliphatic rings. The van der Waals surface area contributed by atoms with Crippen molar-refractivity contribution in [2.75, 3.05) is 40.0 Å². The molecule has 76 valence electrons. The van der Waals surface area contributed by atoms with Gasteiger partial charge in [0.2, 0.25) is 0 Å². The highest BCUT2D eigenvalue weighted by Gasteiger charge is 2.44. The van der Waals surface area contributed by atoms with Crippen LogP contribution in [0.2, 0.25) is 0 Å². The van der Waals surface area contributed by atoms with Gasteiger partial charge in [0.05, 0.1) is 25.4 Å². The first kappa shape index (κ1) is 9.44. The van der Waals surface area contributed by atoms with Gasteiger partial charge in [-0.3, -0.25) is 0 Å². The second kappa shape index (κ2) is 2.94. The van der Waals surface area contributed by atoms with Crippen LogP contribution in [0.5, 0.6) is 0 Å². The highest BCUT2D eigenvalue weighted by molar-refractivity contribution is 4.95. The van der Waals surface area contributed by atoms with Crippen molar-refractivity contribution >= 4 is 0 Å². The van der Waals surface area contributed by atoms with Gasteiger partial charge < -0.3 is 14.4 Å². The number of nitrogens with zero attached hydrogens (tertiary/aromatic N) is 1. The SMILES string of the molecule is CN1CC2(COCC(C)(C)OC2)C1. The first-order valence-electron chi connectivity index (χ1n) is 4.92. The Balaban J connectivity index is 1.95. The third-order valence-corrected chi connectivity index (χ3v) is 2.84. The zero-order valence-corrected chi connectivity index (χ0v) is 8.80. The number of ether oxygens (including phenoxy) is 2. The van der Waals surface area contributed by atoms with Crippen molar-refractivity contribution in [2.24, 2.45) is 5.41 Å². The second-order valence-corrected chi connectivity index (χ2v) is 5.21. The van der Waals surface area contributed by atoms with Gasteiger partial charge in [0.1, 0.15) is 0 Å². The fourth-order valence-electron chi connectivity index (χ4n) is 2.23. The van der Waals surface area contributed by atoms with E-state index in [1.807, 2.05) is 0 Å². The van der Waals surface area contributed by atoms with E-state index in [0.717, 1.165) is 32.9 Å². The minimum absolute atomic E-state index is 0.0995. The fourth-order valence-corrected chi connectivity index (χ4v) is 2.23. The van der Waals surface area contributed by atoms with E-state index in [9.17, 15) is 0 Å². The minimum Gasteiger partial charge on any atom is -0.378 e. The first-order valence-corrected chi connectivity index (χ1v) is 4.92. The van der Waals surface area contributed by atoms with Crippen molar-refractivity contribution in [3.05, 3.63) is 0 Å². The Morgan fingerprint density at radius 1 is 1.08 bits per heavy atom. The Morgan fingerprint density at radius 3 is 2.38 bits per heavy atom. The number of hydrogen-bond acceptors (Lipinski definition) is 3. The van der Waals surface area contributed by atoms with Gasteiger partial charge in [-0.2, -0.15) is 0 Å². The van der Waals surface area contributed by atoms with E-state index in [0.29, 0.717) is 5.41 Å². The molecular formula is C10H19NO2. The molecule has 0 atom stereocenters. The molecule has 2 rings (SSSR count). The molecule has 2 saturated heterocycles. The summed E-state index contributed by atoms with van der Waals surface area (Å²) in [6.45, 7) is 8.85. The molecule has 0 aliphatic carbocycles. The van der Waals surface area contributed by atoms with E-state index < -0.39 is 0 Å². The maximum atomic E-state index is 5.84. The second-order valence-electron chi connectivity index (χ2n) is 5.21. The topological polar surface area (TPSA) is 21.7 Å². The van der Waals surface area contributed by atoms with Crippen LogP contribution >= 0.6 is 0 Å². The van der Waals surface area contributed by atoms with Crippen molar-refractivity contribution in [3.8, 4) is 0 Å². The molecule has 0 amide bonds. The molecule has 0 bridgehead atoms. The zero-order chi connectivity index (χ0) is 9.53. The van der Waals surface area contributed by atoms with Crippen LogP contribution in [-0.4, -0.2) is 50.5 Å². The van der Waals surface area contributed by atoms with Crippen LogP contribution < -0.4 is 0 Å². The zero-order valence-electron chi connectivity index (χ0n) is 8.80. The lowest BCUT2D eigenvalue weighted by Crippen LogP contribution is -2.58. The van der Waals surface area contributed by atoms with Gasteiger partial charge in [-0.05, 0) is 20.9 Å². The summed E-state index contributed by atoms with van der Waals surface area (Å²) in [7, 11) is 2.14. The maximum absolute atomic E-state index is 5.84. The number of likely N-dealkylation sites (tertiary alicyclic amines) is 1. The van der Waals surface area contributed by atoms with Crippen molar-refractivity contribution < 1.29 is 9.47 Å². The molecule has 3 heteroatoms. The van der Waals surface area contributed by atoms with Crippen molar-refractivity contribution in [1.82, 2.24) is 4.90 Å². The molecule has 2 fully saturated rings. The molecule has 0 N–H and O–H groups in total. The summed E-state index contributed by atoms with van der Waals surface area (Å²) in [5.74, 6) is 0. The van der Waals surface area contributed by atoms with Crippen LogP contribution in [-0.2, 0) is 9.47 Å². The molecule has 0 unspecified atom stereocenters. The van der Waals surface area contributed by atoms with Gasteiger partial charge in [-0.1, -0.05) is 0 Å². The highest BCUT2D eigenvalue weighted by Crippen LogP contribution is 2.33. The molecule has 3 nitrogen and oxygen atoms in total. The summed E-state index contributed by atoms with van der Waals surface area (Å²) in [5, 5.41) is 0. The quantitative estimate of drug-likeness (QED) is 0.555.